The second-order valence-corrected chi connectivity index (χ2v) is 10.4. The molecule has 0 spiro atoms. The highest BCUT2D eigenvalue weighted by molar-refractivity contribution is 5.97. The Morgan fingerprint density at radius 2 is 1.91 bits per heavy atom. The number of benzene rings is 1. The number of amides is 1. The molecule has 8 heteroatoms. The Balaban J connectivity index is 1.56. The Bertz CT molecular complexity index is 842. The van der Waals surface area contributed by atoms with Crippen molar-refractivity contribution in [1.29, 1.82) is 0 Å². The van der Waals surface area contributed by atoms with Gasteiger partial charge in [-0.2, -0.15) is 0 Å². The molecule has 1 aromatic carbocycles. The van der Waals surface area contributed by atoms with Crippen molar-refractivity contribution in [3.8, 4) is 5.75 Å². The lowest BCUT2D eigenvalue weighted by Gasteiger charge is -2.21. The number of carbonyl (C=O) groups excluding carboxylic acids is 2. The molecule has 3 rings (SSSR count). The number of anilines is 2. The highest BCUT2D eigenvalue weighted by atomic mass is 16.8. The molecule has 2 aliphatic heterocycles. The van der Waals surface area contributed by atoms with Gasteiger partial charge in [-0.15, -0.1) is 0 Å². The molecule has 1 saturated heterocycles. The van der Waals surface area contributed by atoms with Crippen LogP contribution in [0.25, 0.3) is 0 Å². The summed E-state index contributed by atoms with van der Waals surface area (Å²) in [4.78, 5) is 26.6. The van der Waals surface area contributed by atoms with E-state index in [9.17, 15) is 9.59 Å². The zero-order valence-corrected chi connectivity index (χ0v) is 20.2. The van der Waals surface area contributed by atoms with Crippen LogP contribution in [0.4, 0.5) is 11.4 Å². The van der Waals surface area contributed by atoms with E-state index in [1.165, 1.54) is 0 Å². The van der Waals surface area contributed by atoms with Gasteiger partial charge in [0.05, 0.1) is 23.8 Å². The van der Waals surface area contributed by atoms with Crippen molar-refractivity contribution in [3.05, 3.63) is 18.2 Å². The second kappa shape index (κ2) is 9.27. The van der Waals surface area contributed by atoms with Crippen LogP contribution in [0.1, 0.15) is 60.8 Å². The van der Waals surface area contributed by atoms with Crippen LogP contribution in [-0.2, 0) is 23.8 Å². The summed E-state index contributed by atoms with van der Waals surface area (Å²) >= 11 is 0. The topological polar surface area (TPSA) is 89.6 Å². The number of carbonyl (C=O) groups is 2. The molecule has 1 N–H and O–H groups in total. The molecule has 0 radical (unpaired) electrons. The molecular formula is C24H36N2O6. The minimum absolute atomic E-state index is 0.0262. The van der Waals surface area contributed by atoms with Crippen molar-refractivity contribution >= 4 is 23.3 Å². The summed E-state index contributed by atoms with van der Waals surface area (Å²) in [5, 5.41) is 3.28. The number of nitrogens with one attached hydrogen (secondary N) is 1. The highest BCUT2D eigenvalue weighted by Gasteiger charge is 2.43. The first-order valence-electron chi connectivity index (χ1n) is 11.2. The minimum atomic E-state index is -0.504. The number of ether oxygens (including phenoxy) is 4. The molecule has 178 valence electrons. The first kappa shape index (κ1) is 24.3. The third kappa shape index (κ3) is 6.84. The third-order valence-corrected chi connectivity index (χ3v) is 5.02. The molecule has 0 saturated carbocycles. The maximum absolute atomic E-state index is 13.0. The first-order valence-corrected chi connectivity index (χ1v) is 11.2. The van der Waals surface area contributed by atoms with E-state index in [1.807, 2.05) is 59.7 Å². The van der Waals surface area contributed by atoms with Crippen LogP contribution in [0.15, 0.2) is 18.2 Å². The van der Waals surface area contributed by atoms with E-state index in [0.717, 1.165) is 5.69 Å². The Morgan fingerprint density at radius 1 is 1.19 bits per heavy atom. The molecule has 1 amide bonds. The molecule has 2 heterocycles. The Hall–Kier alpha value is -2.32. The number of hydrogen-bond acceptors (Lipinski definition) is 7. The van der Waals surface area contributed by atoms with Gasteiger partial charge >= 0.3 is 5.97 Å². The van der Waals surface area contributed by atoms with Gasteiger partial charge in [-0.25, -0.2) is 0 Å². The third-order valence-electron chi connectivity index (χ3n) is 5.02. The number of hydrogen-bond donors (Lipinski definition) is 1. The lowest BCUT2D eigenvalue weighted by Crippen LogP contribution is -2.33. The van der Waals surface area contributed by atoms with Crippen LogP contribution in [-0.4, -0.2) is 49.3 Å². The van der Waals surface area contributed by atoms with Crippen LogP contribution in [0.2, 0.25) is 0 Å². The second-order valence-electron chi connectivity index (χ2n) is 10.4. The summed E-state index contributed by atoms with van der Waals surface area (Å²) < 4.78 is 22.6. The van der Waals surface area contributed by atoms with Gasteiger partial charge in [0.25, 0.3) is 0 Å². The average Bonchev–Trinajstić information content (AvgIpc) is 3.38. The van der Waals surface area contributed by atoms with E-state index < -0.39 is 5.60 Å². The standard InChI is InChI=1S/C24H36N2O6/c1-23(2,3)31-19(27)10-8-9-15-14-29-18-12-11-16(13-17(18)26(7)21(15)28)25-20-22(30-20)32-24(4,5)6/h11-13,15,20,22,25H,8-10,14H2,1-7H3/t15-,20?,22?/m0/s1. The van der Waals surface area contributed by atoms with Gasteiger partial charge < -0.3 is 29.2 Å². The molecule has 0 aromatic heterocycles. The molecule has 8 nitrogen and oxygen atoms in total. The summed E-state index contributed by atoms with van der Waals surface area (Å²) in [6.07, 6.45) is 0.896. The van der Waals surface area contributed by atoms with Gasteiger partial charge in [0.2, 0.25) is 12.2 Å². The fourth-order valence-corrected chi connectivity index (χ4v) is 3.54. The molecule has 2 unspecified atom stereocenters. The van der Waals surface area contributed by atoms with Crippen LogP contribution in [0.3, 0.4) is 0 Å². The zero-order valence-electron chi connectivity index (χ0n) is 20.2. The van der Waals surface area contributed by atoms with Crippen molar-refractivity contribution in [3.63, 3.8) is 0 Å². The lowest BCUT2D eigenvalue weighted by atomic mass is 10.0. The first-order chi connectivity index (χ1) is 14.8. The van der Waals surface area contributed by atoms with Gasteiger partial charge in [0.15, 0.2) is 6.23 Å². The maximum Gasteiger partial charge on any atom is 0.306 e. The molecule has 32 heavy (non-hydrogen) atoms. The van der Waals surface area contributed by atoms with Crippen LogP contribution in [0.5, 0.6) is 5.75 Å². The molecule has 1 aromatic rings. The number of fused-ring (bicyclic) bond motifs is 1. The monoisotopic (exact) mass is 448 g/mol. The van der Waals surface area contributed by atoms with E-state index in [0.29, 0.717) is 24.3 Å². The molecule has 2 aliphatic rings. The van der Waals surface area contributed by atoms with Gasteiger partial charge in [-0.1, -0.05) is 0 Å². The fourth-order valence-electron chi connectivity index (χ4n) is 3.54. The van der Waals surface area contributed by atoms with Gasteiger partial charge in [-0.05, 0) is 72.6 Å². The molecular weight excluding hydrogens is 412 g/mol. The zero-order chi connectivity index (χ0) is 23.7. The average molecular weight is 449 g/mol. The fraction of sp³-hybridized carbons (Fsp3) is 0.667. The van der Waals surface area contributed by atoms with Crippen molar-refractivity contribution in [1.82, 2.24) is 0 Å². The largest absolute Gasteiger partial charge is 0.491 e. The van der Waals surface area contributed by atoms with E-state index in [2.05, 4.69) is 5.32 Å². The van der Waals surface area contributed by atoms with Crippen molar-refractivity contribution < 1.29 is 28.5 Å². The summed E-state index contributed by atoms with van der Waals surface area (Å²) in [6, 6.07) is 5.63. The van der Waals surface area contributed by atoms with Crippen LogP contribution >= 0.6 is 0 Å². The quantitative estimate of drug-likeness (QED) is 0.496. The number of epoxide rings is 1. The smallest absolute Gasteiger partial charge is 0.306 e. The van der Waals surface area contributed by atoms with E-state index >= 15 is 0 Å². The molecule has 1 fully saturated rings. The van der Waals surface area contributed by atoms with Gasteiger partial charge in [0, 0.05) is 19.2 Å². The molecule has 0 bridgehead atoms. The van der Waals surface area contributed by atoms with Gasteiger partial charge in [-0.3, -0.25) is 9.59 Å². The van der Waals surface area contributed by atoms with E-state index in [-0.39, 0.29) is 48.9 Å². The Labute approximate surface area is 190 Å². The highest BCUT2D eigenvalue weighted by Crippen LogP contribution is 2.37. The number of esters is 1. The summed E-state index contributed by atoms with van der Waals surface area (Å²) in [5.74, 6) is 0.0624. The Morgan fingerprint density at radius 3 is 2.56 bits per heavy atom. The van der Waals surface area contributed by atoms with Crippen molar-refractivity contribution in [2.45, 2.75) is 84.5 Å². The summed E-state index contributed by atoms with van der Waals surface area (Å²) in [5.41, 5.74) is 0.730. The van der Waals surface area contributed by atoms with Crippen molar-refractivity contribution in [2.24, 2.45) is 5.92 Å². The van der Waals surface area contributed by atoms with Gasteiger partial charge in [0.1, 0.15) is 11.4 Å². The molecule has 3 atom stereocenters. The van der Waals surface area contributed by atoms with Crippen LogP contribution < -0.4 is 15.0 Å². The number of nitrogens with zero attached hydrogens (tertiary/aromatic N) is 1. The Kier molecular flexibility index (Phi) is 7.05. The van der Waals surface area contributed by atoms with E-state index in [1.54, 1.807) is 11.9 Å². The summed E-state index contributed by atoms with van der Waals surface area (Å²) in [6.45, 7) is 11.8. The van der Waals surface area contributed by atoms with Crippen molar-refractivity contribution in [2.75, 3.05) is 23.9 Å². The van der Waals surface area contributed by atoms with E-state index in [4.69, 9.17) is 18.9 Å². The number of rotatable bonds is 7. The normalized spacial score (nSPS) is 23.2. The predicted molar refractivity (Wildman–Crippen MR) is 122 cm³/mol. The maximum atomic E-state index is 13.0. The van der Waals surface area contributed by atoms with Crippen LogP contribution in [0, 0.1) is 5.92 Å². The lowest BCUT2D eigenvalue weighted by molar-refractivity contribution is -0.155. The summed E-state index contributed by atoms with van der Waals surface area (Å²) in [7, 11) is 1.75. The SMILES string of the molecule is CN1C(=O)[C@@H](CCCC(=O)OC(C)(C)C)COc2ccc(NC3OC3OC(C)(C)C)cc21. The predicted octanol–water partition coefficient (Wildman–Crippen LogP) is 4.08. The minimum Gasteiger partial charge on any atom is -0.491 e. The molecule has 0 aliphatic carbocycles.